The molecule has 20 heavy (non-hydrogen) atoms. The van der Waals surface area contributed by atoms with Crippen molar-refractivity contribution in [2.24, 2.45) is 0 Å². The highest BCUT2D eigenvalue weighted by Gasteiger charge is 2.12. The lowest BCUT2D eigenvalue weighted by Gasteiger charge is -2.17. The number of aromatic nitrogens is 1. The quantitative estimate of drug-likeness (QED) is 0.835. The van der Waals surface area contributed by atoms with Gasteiger partial charge in [-0.2, -0.15) is 0 Å². The van der Waals surface area contributed by atoms with Crippen molar-refractivity contribution in [1.29, 1.82) is 0 Å². The van der Waals surface area contributed by atoms with Crippen LogP contribution in [0.1, 0.15) is 42.6 Å². The van der Waals surface area contributed by atoms with E-state index in [1.807, 2.05) is 6.92 Å². The van der Waals surface area contributed by atoms with E-state index in [1.165, 1.54) is 5.56 Å². The Bertz CT molecular complexity index is 565. The van der Waals surface area contributed by atoms with Gasteiger partial charge in [-0.1, -0.05) is 13.0 Å². The van der Waals surface area contributed by atoms with Crippen LogP contribution >= 0.6 is 11.3 Å². The Morgan fingerprint density at radius 1 is 1.35 bits per heavy atom. The summed E-state index contributed by atoms with van der Waals surface area (Å²) in [4.78, 5) is 4.53. The molecule has 0 bridgehead atoms. The fourth-order valence-corrected chi connectivity index (χ4v) is 2.67. The van der Waals surface area contributed by atoms with Crippen LogP contribution in [0.3, 0.4) is 0 Å². The molecule has 2 aromatic rings. The van der Waals surface area contributed by atoms with Crippen LogP contribution in [0.5, 0.6) is 5.75 Å². The summed E-state index contributed by atoms with van der Waals surface area (Å²) in [5.74, 6) is 0.922. The van der Waals surface area contributed by atoms with Crippen LogP contribution in [0.25, 0.3) is 0 Å². The summed E-state index contributed by atoms with van der Waals surface area (Å²) in [5.41, 5.74) is 3.32. The summed E-state index contributed by atoms with van der Waals surface area (Å²) in [7, 11) is 0. The molecular weight excluding hydrogens is 268 g/mol. The molecule has 0 saturated heterocycles. The molecule has 0 aliphatic rings. The normalized spacial score (nSPS) is 12.2. The van der Waals surface area contributed by atoms with Gasteiger partial charge in [-0.3, -0.25) is 0 Å². The molecule has 0 saturated carbocycles. The molecule has 108 valence electrons. The monoisotopic (exact) mass is 290 g/mol. The van der Waals surface area contributed by atoms with Gasteiger partial charge < -0.3 is 10.1 Å². The first-order valence-corrected chi connectivity index (χ1v) is 7.90. The minimum absolute atomic E-state index is 0.173. The van der Waals surface area contributed by atoms with Crippen molar-refractivity contribution in [3.8, 4) is 5.75 Å². The first-order valence-electron chi connectivity index (χ1n) is 7.02. The first kappa shape index (κ1) is 14.9. The number of aryl methyl sites for hydroxylation is 2. The van der Waals surface area contributed by atoms with Crippen LogP contribution in [0, 0.1) is 13.8 Å². The minimum atomic E-state index is 0.173. The molecule has 2 rings (SSSR count). The fourth-order valence-electron chi connectivity index (χ4n) is 1.97. The average Bonchev–Trinajstić information content (AvgIpc) is 2.85. The molecule has 0 spiro atoms. The summed E-state index contributed by atoms with van der Waals surface area (Å²) in [5, 5.41) is 6.70. The van der Waals surface area contributed by atoms with Crippen molar-refractivity contribution in [3.05, 3.63) is 39.8 Å². The van der Waals surface area contributed by atoms with Crippen LogP contribution in [-0.4, -0.2) is 11.6 Å². The van der Waals surface area contributed by atoms with Gasteiger partial charge in [0.2, 0.25) is 0 Å². The predicted octanol–water partition coefficient (Wildman–Crippen LogP) is 4.72. The topological polar surface area (TPSA) is 34.1 Å². The molecule has 1 aromatic heterocycles. The van der Waals surface area contributed by atoms with Gasteiger partial charge in [0, 0.05) is 5.38 Å². The number of hydrogen-bond acceptors (Lipinski definition) is 4. The van der Waals surface area contributed by atoms with Gasteiger partial charge >= 0.3 is 0 Å². The van der Waals surface area contributed by atoms with Gasteiger partial charge in [0.25, 0.3) is 0 Å². The number of thiazole rings is 1. The molecule has 0 fully saturated rings. The summed E-state index contributed by atoms with van der Waals surface area (Å²) >= 11 is 1.68. The molecule has 4 heteroatoms. The van der Waals surface area contributed by atoms with Crippen molar-refractivity contribution >= 4 is 17.0 Å². The lowest BCUT2D eigenvalue weighted by atomic mass is 10.2. The molecule has 0 amide bonds. The average molecular weight is 290 g/mol. The third-order valence-corrected chi connectivity index (χ3v) is 3.84. The largest absolute Gasteiger partial charge is 0.491 e. The Balaban J connectivity index is 2.15. The van der Waals surface area contributed by atoms with Gasteiger partial charge in [0.15, 0.2) is 0 Å². The molecule has 0 aliphatic carbocycles. The SMILES string of the molecule is CCCOc1cc(C)ccc1NC(C)c1csc(C)n1. The lowest BCUT2D eigenvalue weighted by molar-refractivity contribution is 0.318. The standard InChI is InChI=1S/C16H22N2OS/c1-5-8-19-16-9-11(2)6-7-14(16)17-12(3)15-10-20-13(4)18-15/h6-7,9-10,12,17H,5,8H2,1-4H3. The summed E-state index contributed by atoms with van der Waals surface area (Å²) in [6.07, 6.45) is 1.01. The van der Waals surface area contributed by atoms with Crippen molar-refractivity contribution in [3.63, 3.8) is 0 Å². The van der Waals surface area contributed by atoms with E-state index < -0.39 is 0 Å². The second-order valence-corrected chi connectivity index (χ2v) is 6.07. The molecular formula is C16H22N2OS. The Kier molecular flexibility index (Phi) is 5.01. The molecule has 1 unspecified atom stereocenters. The Morgan fingerprint density at radius 2 is 2.15 bits per heavy atom. The van der Waals surface area contributed by atoms with Gasteiger partial charge in [0.1, 0.15) is 5.75 Å². The van der Waals surface area contributed by atoms with Gasteiger partial charge in [-0.25, -0.2) is 4.98 Å². The van der Waals surface area contributed by atoms with E-state index in [1.54, 1.807) is 11.3 Å². The Labute approximate surface area is 125 Å². The van der Waals surface area contributed by atoms with Gasteiger partial charge in [-0.15, -0.1) is 11.3 Å². The van der Waals surface area contributed by atoms with Crippen molar-refractivity contribution in [2.75, 3.05) is 11.9 Å². The van der Waals surface area contributed by atoms with Gasteiger partial charge in [0.05, 0.1) is 29.0 Å². The second-order valence-electron chi connectivity index (χ2n) is 5.01. The van der Waals surface area contributed by atoms with Crippen LogP contribution in [-0.2, 0) is 0 Å². The van der Waals surface area contributed by atoms with E-state index >= 15 is 0 Å². The van der Waals surface area contributed by atoms with E-state index in [-0.39, 0.29) is 6.04 Å². The highest BCUT2D eigenvalue weighted by Crippen LogP contribution is 2.29. The maximum absolute atomic E-state index is 5.83. The molecule has 1 atom stereocenters. The summed E-state index contributed by atoms with van der Waals surface area (Å²) in [6.45, 7) is 9.09. The zero-order valence-electron chi connectivity index (χ0n) is 12.6. The molecule has 1 N–H and O–H groups in total. The molecule has 1 aromatic carbocycles. The maximum Gasteiger partial charge on any atom is 0.142 e. The Morgan fingerprint density at radius 3 is 2.80 bits per heavy atom. The van der Waals surface area contributed by atoms with Crippen LogP contribution in [0.15, 0.2) is 23.6 Å². The highest BCUT2D eigenvalue weighted by molar-refractivity contribution is 7.09. The van der Waals surface area contributed by atoms with Crippen LogP contribution < -0.4 is 10.1 Å². The Hall–Kier alpha value is -1.55. The highest BCUT2D eigenvalue weighted by atomic mass is 32.1. The van der Waals surface area contributed by atoms with E-state index in [0.717, 1.165) is 35.2 Å². The predicted molar refractivity (Wildman–Crippen MR) is 85.9 cm³/mol. The number of benzene rings is 1. The number of hydrogen-bond donors (Lipinski definition) is 1. The number of nitrogens with zero attached hydrogens (tertiary/aromatic N) is 1. The van der Waals surface area contributed by atoms with E-state index in [2.05, 4.69) is 54.7 Å². The van der Waals surface area contributed by atoms with Crippen molar-refractivity contribution in [1.82, 2.24) is 4.98 Å². The zero-order valence-corrected chi connectivity index (χ0v) is 13.4. The van der Waals surface area contributed by atoms with E-state index in [9.17, 15) is 0 Å². The third-order valence-electron chi connectivity index (χ3n) is 3.05. The molecule has 0 radical (unpaired) electrons. The second kappa shape index (κ2) is 6.75. The zero-order chi connectivity index (χ0) is 14.5. The third kappa shape index (κ3) is 3.73. The fraction of sp³-hybridized carbons (Fsp3) is 0.438. The molecule has 3 nitrogen and oxygen atoms in total. The van der Waals surface area contributed by atoms with Crippen molar-refractivity contribution in [2.45, 2.75) is 40.2 Å². The number of ether oxygens (including phenoxy) is 1. The minimum Gasteiger partial charge on any atom is -0.491 e. The van der Waals surface area contributed by atoms with Crippen LogP contribution in [0.2, 0.25) is 0 Å². The van der Waals surface area contributed by atoms with Crippen LogP contribution in [0.4, 0.5) is 5.69 Å². The first-order chi connectivity index (χ1) is 9.60. The summed E-state index contributed by atoms with van der Waals surface area (Å²) in [6, 6.07) is 6.43. The van der Waals surface area contributed by atoms with E-state index in [0.29, 0.717) is 0 Å². The van der Waals surface area contributed by atoms with Gasteiger partial charge in [-0.05, 0) is 44.9 Å². The maximum atomic E-state index is 5.83. The summed E-state index contributed by atoms with van der Waals surface area (Å²) < 4.78 is 5.83. The number of rotatable bonds is 6. The number of anilines is 1. The van der Waals surface area contributed by atoms with E-state index in [4.69, 9.17) is 4.74 Å². The number of nitrogens with one attached hydrogen (secondary N) is 1. The van der Waals surface area contributed by atoms with Crippen molar-refractivity contribution < 1.29 is 4.74 Å². The smallest absolute Gasteiger partial charge is 0.142 e. The molecule has 0 aliphatic heterocycles. The lowest BCUT2D eigenvalue weighted by Crippen LogP contribution is -2.09. The molecule has 1 heterocycles.